The molecule has 1 aromatic carbocycles. The summed E-state index contributed by atoms with van der Waals surface area (Å²) in [7, 11) is 0. The van der Waals surface area contributed by atoms with E-state index in [2.05, 4.69) is 52.2 Å². The maximum absolute atomic E-state index is 12.7. The average molecular weight is 326 g/mol. The minimum absolute atomic E-state index is 0.284. The van der Waals surface area contributed by atoms with E-state index in [-0.39, 0.29) is 5.91 Å². The summed E-state index contributed by atoms with van der Waals surface area (Å²) >= 11 is 0. The van der Waals surface area contributed by atoms with Gasteiger partial charge in [-0.25, -0.2) is 4.98 Å². The summed E-state index contributed by atoms with van der Waals surface area (Å²) in [4.78, 5) is 18.8. The second kappa shape index (κ2) is 8.08. The number of carbonyl (C=O) groups is 1. The van der Waals surface area contributed by atoms with Crippen LogP contribution in [0.15, 0.2) is 43.0 Å². The Morgan fingerprint density at radius 3 is 2.88 bits per heavy atom. The van der Waals surface area contributed by atoms with Gasteiger partial charge in [0, 0.05) is 31.5 Å². The lowest BCUT2D eigenvalue weighted by Gasteiger charge is -2.31. The van der Waals surface area contributed by atoms with Gasteiger partial charge in [0.2, 0.25) is 5.91 Å². The molecule has 24 heavy (non-hydrogen) atoms. The Morgan fingerprint density at radius 1 is 1.33 bits per heavy atom. The predicted molar refractivity (Wildman–Crippen MR) is 93.5 cm³/mol. The van der Waals surface area contributed by atoms with Gasteiger partial charge < -0.3 is 4.90 Å². The highest BCUT2D eigenvalue weighted by Gasteiger charge is 2.34. The topological polar surface area (TPSA) is 51.0 Å². The van der Waals surface area contributed by atoms with Crippen molar-refractivity contribution >= 4 is 5.91 Å². The fourth-order valence-corrected chi connectivity index (χ4v) is 3.83. The summed E-state index contributed by atoms with van der Waals surface area (Å²) in [6.07, 6.45) is 7.92. The SMILES string of the molecule is CCC(c1ccccc1)C1CCCN1C(=O)CCCn1cncn1. The summed E-state index contributed by atoms with van der Waals surface area (Å²) in [6, 6.07) is 11.0. The Morgan fingerprint density at radius 2 is 2.17 bits per heavy atom. The molecule has 0 bridgehead atoms. The Hall–Kier alpha value is -2.17. The zero-order valence-electron chi connectivity index (χ0n) is 14.3. The Kier molecular flexibility index (Phi) is 5.62. The molecule has 2 aromatic rings. The van der Waals surface area contributed by atoms with Crippen LogP contribution in [-0.4, -0.2) is 38.2 Å². The highest BCUT2D eigenvalue weighted by atomic mass is 16.2. The normalized spacial score (nSPS) is 18.7. The first kappa shape index (κ1) is 16.7. The summed E-state index contributed by atoms with van der Waals surface area (Å²) in [6.45, 7) is 3.87. The fourth-order valence-electron chi connectivity index (χ4n) is 3.83. The Labute approximate surface area is 143 Å². The van der Waals surface area contributed by atoms with E-state index in [1.165, 1.54) is 11.9 Å². The first-order valence-electron chi connectivity index (χ1n) is 8.96. The number of benzene rings is 1. The molecular weight excluding hydrogens is 300 g/mol. The smallest absolute Gasteiger partial charge is 0.222 e. The predicted octanol–water partition coefficient (Wildman–Crippen LogP) is 3.24. The van der Waals surface area contributed by atoms with E-state index in [0.717, 1.165) is 38.8 Å². The molecule has 5 heteroatoms. The van der Waals surface area contributed by atoms with Crippen LogP contribution in [0.2, 0.25) is 0 Å². The molecule has 3 rings (SSSR count). The van der Waals surface area contributed by atoms with Crippen LogP contribution >= 0.6 is 0 Å². The van der Waals surface area contributed by atoms with Crippen LogP contribution in [0.25, 0.3) is 0 Å². The van der Waals surface area contributed by atoms with Gasteiger partial charge in [-0.1, -0.05) is 37.3 Å². The third-order valence-corrected chi connectivity index (χ3v) is 5.00. The highest BCUT2D eigenvalue weighted by Crippen LogP contribution is 2.34. The van der Waals surface area contributed by atoms with E-state index in [1.807, 2.05) is 0 Å². The van der Waals surface area contributed by atoms with Crippen molar-refractivity contribution < 1.29 is 4.79 Å². The van der Waals surface area contributed by atoms with Crippen LogP contribution in [-0.2, 0) is 11.3 Å². The van der Waals surface area contributed by atoms with E-state index in [4.69, 9.17) is 0 Å². The number of aryl methyl sites for hydroxylation is 1. The average Bonchev–Trinajstić information content (AvgIpc) is 3.28. The van der Waals surface area contributed by atoms with E-state index in [1.54, 1.807) is 11.0 Å². The Bertz CT molecular complexity index is 626. The first-order valence-corrected chi connectivity index (χ1v) is 8.96. The summed E-state index contributed by atoms with van der Waals surface area (Å²) < 4.78 is 1.79. The molecular formula is C19H26N4O. The van der Waals surface area contributed by atoms with E-state index in [0.29, 0.717) is 18.4 Å². The molecule has 2 heterocycles. The van der Waals surface area contributed by atoms with E-state index >= 15 is 0 Å². The fraction of sp³-hybridized carbons (Fsp3) is 0.526. The number of carbonyl (C=O) groups excluding carboxylic acids is 1. The van der Waals surface area contributed by atoms with E-state index in [9.17, 15) is 4.79 Å². The molecule has 0 aliphatic carbocycles. The number of likely N-dealkylation sites (tertiary alicyclic amines) is 1. The molecule has 1 saturated heterocycles. The van der Waals surface area contributed by atoms with Crippen molar-refractivity contribution in [1.82, 2.24) is 19.7 Å². The van der Waals surface area contributed by atoms with Gasteiger partial charge in [-0.2, -0.15) is 5.10 Å². The molecule has 128 valence electrons. The lowest BCUT2D eigenvalue weighted by Crippen LogP contribution is -2.39. The van der Waals surface area contributed by atoms with E-state index < -0.39 is 0 Å². The lowest BCUT2D eigenvalue weighted by atomic mass is 9.87. The lowest BCUT2D eigenvalue weighted by molar-refractivity contribution is -0.132. The number of nitrogens with zero attached hydrogens (tertiary/aromatic N) is 4. The number of aromatic nitrogens is 3. The van der Waals surface area contributed by atoms with Gasteiger partial charge >= 0.3 is 0 Å². The van der Waals surface area contributed by atoms with Crippen molar-refractivity contribution in [3.8, 4) is 0 Å². The maximum Gasteiger partial charge on any atom is 0.222 e. The van der Waals surface area contributed by atoms with Crippen LogP contribution < -0.4 is 0 Å². The van der Waals surface area contributed by atoms with Gasteiger partial charge in [-0.15, -0.1) is 0 Å². The molecule has 1 aliphatic rings. The summed E-state index contributed by atoms with van der Waals surface area (Å²) in [5.74, 6) is 0.722. The third kappa shape index (κ3) is 3.83. The van der Waals surface area contributed by atoms with Gasteiger partial charge in [0.1, 0.15) is 12.7 Å². The minimum atomic E-state index is 0.284. The molecule has 1 amide bonds. The monoisotopic (exact) mass is 326 g/mol. The molecule has 0 radical (unpaired) electrons. The van der Waals surface area contributed by atoms with Gasteiger partial charge in [-0.05, 0) is 31.2 Å². The van der Waals surface area contributed by atoms with Gasteiger partial charge in [-0.3, -0.25) is 9.48 Å². The van der Waals surface area contributed by atoms with Crippen molar-refractivity contribution in [2.45, 2.75) is 57.5 Å². The van der Waals surface area contributed by atoms with Crippen molar-refractivity contribution in [2.75, 3.05) is 6.54 Å². The largest absolute Gasteiger partial charge is 0.339 e. The summed E-state index contributed by atoms with van der Waals surface area (Å²) in [5, 5.41) is 4.09. The second-order valence-corrected chi connectivity index (χ2v) is 6.48. The van der Waals surface area contributed by atoms with Crippen LogP contribution in [0.3, 0.4) is 0 Å². The van der Waals surface area contributed by atoms with Crippen molar-refractivity contribution in [1.29, 1.82) is 0 Å². The number of hydrogen-bond acceptors (Lipinski definition) is 3. The molecule has 0 saturated carbocycles. The second-order valence-electron chi connectivity index (χ2n) is 6.48. The molecule has 5 nitrogen and oxygen atoms in total. The first-order chi connectivity index (χ1) is 11.8. The highest BCUT2D eigenvalue weighted by molar-refractivity contribution is 5.77. The summed E-state index contributed by atoms with van der Waals surface area (Å²) in [5.41, 5.74) is 1.35. The van der Waals surface area contributed by atoms with Gasteiger partial charge in [0.25, 0.3) is 0 Å². The molecule has 0 N–H and O–H groups in total. The standard InChI is InChI=1S/C19H26N4O/c1-2-17(16-8-4-3-5-9-16)18-10-6-13-23(18)19(24)11-7-12-22-15-20-14-21-22/h3-5,8-9,14-15,17-18H,2,6-7,10-13H2,1H3. The van der Waals surface area contributed by atoms with Gasteiger partial charge in [0.15, 0.2) is 0 Å². The zero-order valence-corrected chi connectivity index (χ0v) is 14.3. The Balaban J connectivity index is 1.60. The molecule has 0 spiro atoms. The third-order valence-electron chi connectivity index (χ3n) is 5.00. The van der Waals surface area contributed by atoms with Crippen LogP contribution in [0.1, 0.15) is 50.5 Å². The number of hydrogen-bond donors (Lipinski definition) is 0. The maximum atomic E-state index is 12.7. The molecule has 1 aliphatic heterocycles. The number of amides is 1. The van der Waals surface area contributed by atoms with Crippen molar-refractivity contribution in [3.63, 3.8) is 0 Å². The molecule has 1 aromatic heterocycles. The van der Waals surface area contributed by atoms with Crippen LogP contribution in [0.4, 0.5) is 0 Å². The zero-order chi connectivity index (χ0) is 16.8. The van der Waals surface area contributed by atoms with Crippen LogP contribution in [0, 0.1) is 0 Å². The number of rotatable bonds is 7. The van der Waals surface area contributed by atoms with Crippen molar-refractivity contribution in [3.05, 3.63) is 48.5 Å². The van der Waals surface area contributed by atoms with Crippen LogP contribution in [0.5, 0.6) is 0 Å². The van der Waals surface area contributed by atoms with Gasteiger partial charge in [0.05, 0.1) is 0 Å². The molecule has 2 unspecified atom stereocenters. The quantitative estimate of drug-likeness (QED) is 0.785. The molecule has 2 atom stereocenters. The molecule has 1 fully saturated rings. The van der Waals surface area contributed by atoms with Crippen molar-refractivity contribution in [2.24, 2.45) is 0 Å². The minimum Gasteiger partial charge on any atom is -0.339 e.